The molecule has 2 N–H and O–H groups in total. The first-order chi connectivity index (χ1) is 7.54. The molecule has 0 saturated carbocycles. The predicted octanol–water partition coefficient (Wildman–Crippen LogP) is 1.97. The van der Waals surface area contributed by atoms with Crippen LogP contribution in [0.3, 0.4) is 0 Å². The van der Waals surface area contributed by atoms with E-state index in [1.54, 1.807) is 0 Å². The largest absolute Gasteiger partial charge is 0.452 e. The van der Waals surface area contributed by atoms with Crippen molar-refractivity contribution in [3.63, 3.8) is 0 Å². The molecule has 16 heavy (non-hydrogen) atoms. The predicted molar refractivity (Wildman–Crippen MR) is 56.6 cm³/mol. The Bertz CT molecular complexity index is 312. The number of nitrogens with one attached hydrogen (secondary N) is 2. The summed E-state index contributed by atoms with van der Waals surface area (Å²) in [6, 6.07) is 0. The van der Waals surface area contributed by atoms with Crippen molar-refractivity contribution in [2.45, 2.75) is 19.5 Å². The summed E-state index contributed by atoms with van der Waals surface area (Å²) in [6.45, 7) is 4.16. The highest BCUT2D eigenvalue weighted by Crippen LogP contribution is 2.28. The van der Waals surface area contributed by atoms with E-state index in [9.17, 15) is 13.2 Å². The Morgan fingerprint density at radius 2 is 2.00 bits per heavy atom. The maximum Gasteiger partial charge on any atom is 0.452 e. The molecule has 0 unspecified atom stereocenters. The van der Waals surface area contributed by atoms with E-state index in [0.717, 1.165) is 24.5 Å². The molecule has 1 rings (SSSR count). The average Bonchev–Trinajstić information content (AvgIpc) is 2.65. The lowest BCUT2D eigenvalue weighted by Gasteiger charge is -2.03. The van der Waals surface area contributed by atoms with Crippen LogP contribution in [-0.4, -0.2) is 29.0 Å². The third kappa shape index (κ3) is 4.31. The highest BCUT2D eigenvalue weighted by Gasteiger charge is 2.35. The molecule has 0 aliphatic carbocycles. The summed E-state index contributed by atoms with van der Waals surface area (Å²) in [7, 11) is 0. The van der Waals surface area contributed by atoms with Crippen LogP contribution >= 0.6 is 11.5 Å². The molecular weight excluding hydrogens is 241 g/mol. The van der Waals surface area contributed by atoms with Crippen LogP contribution in [0.1, 0.15) is 19.2 Å². The summed E-state index contributed by atoms with van der Waals surface area (Å²) in [5.41, 5.74) is 0. The quantitative estimate of drug-likeness (QED) is 0.762. The van der Waals surface area contributed by atoms with Gasteiger partial charge < -0.3 is 10.6 Å². The average molecular weight is 254 g/mol. The molecule has 1 aromatic heterocycles. The number of hydrogen-bond donors (Lipinski definition) is 2. The highest BCUT2D eigenvalue weighted by atomic mass is 32.1. The van der Waals surface area contributed by atoms with E-state index < -0.39 is 12.0 Å². The molecule has 1 heterocycles. The van der Waals surface area contributed by atoms with E-state index in [0.29, 0.717) is 13.1 Å². The number of rotatable bonds is 6. The topological polar surface area (TPSA) is 49.8 Å². The molecule has 0 amide bonds. The Labute approximate surface area is 95.4 Å². The minimum atomic E-state index is -4.46. The van der Waals surface area contributed by atoms with Crippen LogP contribution in [0.5, 0.6) is 0 Å². The first kappa shape index (κ1) is 13.2. The zero-order valence-electron chi connectivity index (χ0n) is 8.76. The lowest BCUT2D eigenvalue weighted by atomic mass is 10.5. The second kappa shape index (κ2) is 6.00. The van der Waals surface area contributed by atoms with Crippen molar-refractivity contribution in [2.24, 2.45) is 0 Å². The Hall–Kier alpha value is -0.890. The molecule has 0 radical (unpaired) electrons. The van der Waals surface area contributed by atoms with E-state index in [-0.39, 0.29) is 5.13 Å². The number of nitrogens with zero attached hydrogens (tertiary/aromatic N) is 2. The SMILES string of the molecule is CCCNCCNc1nc(C(F)(F)F)ns1. The van der Waals surface area contributed by atoms with E-state index in [2.05, 4.69) is 20.0 Å². The van der Waals surface area contributed by atoms with E-state index >= 15 is 0 Å². The van der Waals surface area contributed by atoms with Crippen molar-refractivity contribution >= 4 is 16.7 Å². The summed E-state index contributed by atoms with van der Waals surface area (Å²) in [5.74, 6) is -1.08. The lowest BCUT2D eigenvalue weighted by Crippen LogP contribution is -2.22. The normalized spacial score (nSPS) is 11.8. The van der Waals surface area contributed by atoms with E-state index in [1.807, 2.05) is 6.92 Å². The fourth-order valence-electron chi connectivity index (χ4n) is 0.970. The van der Waals surface area contributed by atoms with Crippen molar-refractivity contribution in [3.05, 3.63) is 5.82 Å². The van der Waals surface area contributed by atoms with Crippen LogP contribution in [0.25, 0.3) is 0 Å². The minimum absolute atomic E-state index is 0.200. The van der Waals surface area contributed by atoms with Gasteiger partial charge in [-0.05, 0) is 13.0 Å². The van der Waals surface area contributed by atoms with Crippen molar-refractivity contribution in [3.8, 4) is 0 Å². The smallest absolute Gasteiger partial charge is 0.359 e. The summed E-state index contributed by atoms with van der Waals surface area (Å²) in [6.07, 6.45) is -3.44. The molecular formula is C8H13F3N4S. The first-order valence-electron chi connectivity index (χ1n) is 4.89. The van der Waals surface area contributed by atoms with E-state index in [1.165, 1.54) is 0 Å². The van der Waals surface area contributed by atoms with Gasteiger partial charge in [0.2, 0.25) is 11.0 Å². The zero-order valence-corrected chi connectivity index (χ0v) is 9.58. The number of aromatic nitrogens is 2. The molecule has 8 heteroatoms. The third-order valence-corrected chi connectivity index (χ3v) is 2.36. The molecule has 0 aromatic carbocycles. The van der Waals surface area contributed by atoms with Gasteiger partial charge in [0.15, 0.2) is 0 Å². The van der Waals surface area contributed by atoms with E-state index in [4.69, 9.17) is 0 Å². The molecule has 0 bridgehead atoms. The summed E-state index contributed by atoms with van der Waals surface area (Å²) in [5, 5.41) is 6.09. The zero-order chi connectivity index (χ0) is 12.0. The fraction of sp³-hybridized carbons (Fsp3) is 0.750. The molecule has 0 saturated heterocycles. The van der Waals surface area contributed by atoms with Crippen LogP contribution < -0.4 is 10.6 Å². The van der Waals surface area contributed by atoms with Gasteiger partial charge in [-0.2, -0.15) is 22.5 Å². The fourth-order valence-corrected chi connectivity index (χ4v) is 1.58. The van der Waals surface area contributed by atoms with Gasteiger partial charge >= 0.3 is 6.18 Å². The van der Waals surface area contributed by atoms with Crippen molar-refractivity contribution in [1.82, 2.24) is 14.7 Å². The van der Waals surface area contributed by atoms with Gasteiger partial charge in [0, 0.05) is 24.6 Å². The maximum absolute atomic E-state index is 12.1. The Kier molecular flexibility index (Phi) is 4.94. The van der Waals surface area contributed by atoms with Crippen molar-refractivity contribution < 1.29 is 13.2 Å². The summed E-state index contributed by atoms with van der Waals surface area (Å²) in [4.78, 5) is 3.34. The standard InChI is InChI=1S/C8H13F3N4S/c1-2-3-12-4-5-13-7-14-6(15-16-7)8(9,10)11/h12H,2-5H2,1H3,(H,13,14,15). The number of hydrogen-bond acceptors (Lipinski definition) is 5. The van der Waals surface area contributed by atoms with Crippen LogP contribution in [0.15, 0.2) is 0 Å². The summed E-state index contributed by atoms with van der Waals surface area (Å²) >= 11 is 0.720. The van der Waals surface area contributed by atoms with Crippen LogP contribution in [-0.2, 0) is 6.18 Å². The number of anilines is 1. The van der Waals surface area contributed by atoms with Crippen LogP contribution in [0, 0.1) is 0 Å². The Morgan fingerprint density at radius 3 is 2.56 bits per heavy atom. The summed E-state index contributed by atoms with van der Waals surface area (Å²) < 4.78 is 39.6. The lowest BCUT2D eigenvalue weighted by molar-refractivity contribution is -0.144. The van der Waals surface area contributed by atoms with Gasteiger partial charge in [-0.1, -0.05) is 6.92 Å². The molecule has 92 valence electrons. The van der Waals surface area contributed by atoms with Gasteiger partial charge in [-0.15, -0.1) is 0 Å². The first-order valence-corrected chi connectivity index (χ1v) is 5.67. The second-order valence-corrected chi connectivity index (χ2v) is 3.85. The van der Waals surface area contributed by atoms with Crippen molar-refractivity contribution in [1.29, 1.82) is 0 Å². The second-order valence-electron chi connectivity index (χ2n) is 3.10. The van der Waals surface area contributed by atoms with Gasteiger partial charge in [0.05, 0.1) is 0 Å². The molecule has 0 aliphatic rings. The molecule has 0 atom stereocenters. The van der Waals surface area contributed by atoms with Gasteiger partial charge in [-0.3, -0.25) is 0 Å². The Morgan fingerprint density at radius 1 is 1.25 bits per heavy atom. The van der Waals surface area contributed by atoms with Crippen LogP contribution in [0.2, 0.25) is 0 Å². The van der Waals surface area contributed by atoms with Crippen LogP contribution in [0.4, 0.5) is 18.3 Å². The Balaban J connectivity index is 2.30. The molecule has 0 aliphatic heterocycles. The number of halogens is 3. The molecule has 4 nitrogen and oxygen atoms in total. The molecule has 0 spiro atoms. The number of alkyl halides is 3. The maximum atomic E-state index is 12.1. The van der Waals surface area contributed by atoms with Gasteiger partial charge in [0.25, 0.3) is 0 Å². The molecule has 0 fully saturated rings. The molecule has 1 aromatic rings. The monoisotopic (exact) mass is 254 g/mol. The van der Waals surface area contributed by atoms with Gasteiger partial charge in [0.1, 0.15) is 0 Å². The third-order valence-electron chi connectivity index (χ3n) is 1.68. The highest BCUT2D eigenvalue weighted by molar-refractivity contribution is 7.09. The minimum Gasteiger partial charge on any atom is -0.359 e. The van der Waals surface area contributed by atoms with Crippen molar-refractivity contribution in [2.75, 3.05) is 25.0 Å². The van der Waals surface area contributed by atoms with Gasteiger partial charge in [-0.25, -0.2) is 0 Å².